The maximum atomic E-state index is 14.7. The Kier molecular flexibility index (Phi) is 9.05. The summed E-state index contributed by atoms with van der Waals surface area (Å²) < 4.78 is 34.2. The topological polar surface area (TPSA) is 186 Å². The molecule has 1 aliphatic heterocycles. The van der Waals surface area contributed by atoms with Gasteiger partial charge >= 0.3 is 5.97 Å². The molecule has 1 rings (SSSR count). The highest BCUT2D eigenvalue weighted by Crippen LogP contribution is 2.36. The number of alkyl halides is 2. The van der Waals surface area contributed by atoms with Gasteiger partial charge in [-0.05, 0) is 13.8 Å². The largest absolute Gasteiger partial charge is 0.480 e. The lowest BCUT2D eigenvalue weighted by atomic mass is 9.88. The Morgan fingerprint density at radius 2 is 1.50 bits per heavy atom. The summed E-state index contributed by atoms with van der Waals surface area (Å²) in [6.07, 6.45) is -10.9. The molecule has 8 atom stereocenters. The molecule has 1 unspecified atom stereocenters. The number of halogens is 2. The van der Waals surface area contributed by atoms with Gasteiger partial charge in [0.05, 0.1) is 6.61 Å². The van der Waals surface area contributed by atoms with Crippen molar-refractivity contribution in [3.8, 4) is 0 Å². The molecule has 1 saturated heterocycles. The van der Waals surface area contributed by atoms with Gasteiger partial charge in [0.1, 0.15) is 42.6 Å². The van der Waals surface area contributed by atoms with E-state index in [0.29, 0.717) is 0 Å². The normalized spacial score (nSPS) is 30.1. The van der Waals surface area contributed by atoms with E-state index >= 15 is 0 Å². The van der Waals surface area contributed by atoms with Crippen LogP contribution in [-0.4, -0.2) is 98.4 Å². The van der Waals surface area contributed by atoms with Crippen LogP contribution in [0.4, 0.5) is 8.78 Å². The summed E-state index contributed by atoms with van der Waals surface area (Å²) in [6, 6.07) is -2.42. The monoisotopic (exact) mass is 442 g/mol. The van der Waals surface area contributed by atoms with Crippen LogP contribution in [0.1, 0.15) is 27.2 Å². The fourth-order valence-corrected chi connectivity index (χ4v) is 2.89. The summed E-state index contributed by atoms with van der Waals surface area (Å²) in [4.78, 5) is 34.8. The van der Waals surface area contributed by atoms with Crippen molar-refractivity contribution < 1.29 is 53.4 Å². The Balaban J connectivity index is 2.75. The van der Waals surface area contributed by atoms with Gasteiger partial charge in [-0.3, -0.25) is 14.4 Å². The maximum Gasteiger partial charge on any atom is 0.325 e. The van der Waals surface area contributed by atoms with Crippen LogP contribution in [-0.2, 0) is 19.1 Å². The molecule has 11 nitrogen and oxygen atoms in total. The van der Waals surface area contributed by atoms with Gasteiger partial charge in [-0.15, -0.1) is 0 Å². The van der Waals surface area contributed by atoms with Crippen molar-refractivity contribution in [2.24, 2.45) is 5.92 Å². The van der Waals surface area contributed by atoms with Gasteiger partial charge in [0.25, 0.3) is 5.92 Å². The van der Waals surface area contributed by atoms with Crippen LogP contribution in [0.15, 0.2) is 0 Å². The third kappa shape index (κ3) is 6.28. The minimum atomic E-state index is -3.84. The number of amides is 2. The summed E-state index contributed by atoms with van der Waals surface area (Å²) in [5.74, 6) is -8.28. The number of carboxylic acid groups (broad SMARTS) is 1. The Morgan fingerprint density at radius 3 is 2.00 bits per heavy atom. The summed E-state index contributed by atoms with van der Waals surface area (Å²) in [5, 5.41) is 51.4. The van der Waals surface area contributed by atoms with Crippen molar-refractivity contribution in [3.63, 3.8) is 0 Å². The molecule has 2 amide bonds. The number of carboxylic acids is 1. The summed E-state index contributed by atoms with van der Waals surface area (Å²) in [7, 11) is 0. The number of nitrogens with one attached hydrogen (secondary N) is 2. The molecular weight excluding hydrogens is 414 g/mol. The zero-order chi connectivity index (χ0) is 23.4. The van der Waals surface area contributed by atoms with Crippen molar-refractivity contribution in [2.45, 2.75) is 75.7 Å². The van der Waals surface area contributed by atoms with E-state index in [1.165, 1.54) is 13.8 Å². The second-order valence-electron chi connectivity index (χ2n) is 7.41. The van der Waals surface area contributed by atoms with Crippen molar-refractivity contribution in [2.75, 3.05) is 6.61 Å². The lowest BCUT2D eigenvalue weighted by molar-refractivity contribution is -0.282. The molecule has 0 saturated carbocycles. The lowest BCUT2D eigenvalue weighted by Crippen LogP contribution is -2.63. The Labute approximate surface area is 171 Å². The van der Waals surface area contributed by atoms with E-state index in [-0.39, 0.29) is 0 Å². The number of hydrogen-bond acceptors (Lipinski definition) is 8. The van der Waals surface area contributed by atoms with E-state index in [9.17, 15) is 38.5 Å². The average Bonchev–Trinajstić information content (AvgIpc) is 2.65. The van der Waals surface area contributed by atoms with Crippen molar-refractivity contribution in [1.82, 2.24) is 10.6 Å². The summed E-state index contributed by atoms with van der Waals surface area (Å²) >= 11 is 0. The van der Waals surface area contributed by atoms with Crippen molar-refractivity contribution >= 4 is 17.8 Å². The van der Waals surface area contributed by atoms with Crippen LogP contribution in [0.2, 0.25) is 0 Å². The van der Waals surface area contributed by atoms with E-state index in [1.807, 2.05) is 0 Å². The number of aliphatic hydroxyl groups excluding tert-OH is 4. The smallest absolute Gasteiger partial charge is 0.325 e. The lowest BCUT2D eigenvalue weighted by Gasteiger charge is -2.43. The number of hydrogen-bond donors (Lipinski definition) is 7. The number of rotatable bonds is 9. The average molecular weight is 442 g/mol. The molecule has 0 aliphatic carbocycles. The zero-order valence-electron chi connectivity index (χ0n) is 16.7. The first-order valence-corrected chi connectivity index (χ1v) is 9.24. The van der Waals surface area contributed by atoms with Crippen LogP contribution in [0.5, 0.6) is 0 Å². The highest BCUT2D eigenvalue weighted by molar-refractivity contribution is 5.90. The molecule has 1 heterocycles. The Bertz CT molecular complexity index is 634. The molecule has 0 bridgehead atoms. The molecule has 0 spiro atoms. The molecule has 7 N–H and O–H groups in total. The standard InChI is InChI=1S/C17H28F2N2O9/c1-6(14(26)20-7(2)15(27)21-8(3)16(28)29)4-17(18,19)13-12(25)11(24)10(23)9(5-22)30-13/h6-13,22-25H,4-5H2,1-3H3,(H,20,26)(H,21,27)(H,28,29)/t6?,7-,8-,9+,10-,11-,12+,13+/m0/s1. The number of carbonyl (C=O) groups excluding carboxylic acids is 2. The molecule has 0 aromatic heterocycles. The second kappa shape index (κ2) is 10.4. The SMILES string of the molecule is CC(CC(F)(F)[C@@H]1O[C@H](CO)[C@H](O)[C@H](O)[C@H]1O)C(=O)N[C@@H](C)C(=O)N[C@@H](C)C(=O)O. The molecule has 30 heavy (non-hydrogen) atoms. The third-order valence-corrected chi connectivity index (χ3v) is 4.82. The fourth-order valence-electron chi connectivity index (χ4n) is 2.89. The molecule has 0 aromatic carbocycles. The fraction of sp³-hybridized carbons (Fsp3) is 0.824. The Morgan fingerprint density at radius 1 is 0.967 bits per heavy atom. The number of ether oxygens (including phenoxy) is 1. The second-order valence-corrected chi connectivity index (χ2v) is 7.41. The molecule has 1 fully saturated rings. The van der Waals surface area contributed by atoms with Crippen LogP contribution in [0.25, 0.3) is 0 Å². The first-order valence-electron chi connectivity index (χ1n) is 9.24. The summed E-state index contributed by atoms with van der Waals surface area (Å²) in [6.45, 7) is 2.70. The molecule has 174 valence electrons. The first kappa shape index (κ1) is 26.1. The van der Waals surface area contributed by atoms with Gasteiger partial charge in [-0.1, -0.05) is 6.92 Å². The van der Waals surface area contributed by atoms with Gasteiger partial charge < -0.3 is 40.9 Å². The third-order valence-electron chi connectivity index (χ3n) is 4.82. The highest BCUT2D eigenvalue weighted by Gasteiger charge is 2.54. The predicted octanol–water partition coefficient (Wildman–Crippen LogP) is -2.42. The summed E-state index contributed by atoms with van der Waals surface area (Å²) in [5.41, 5.74) is 0. The van der Waals surface area contributed by atoms with Gasteiger partial charge in [0, 0.05) is 12.3 Å². The van der Waals surface area contributed by atoms with Crippen LogP contribution < -0.4 is 10.6 Å². The van der Waals surface area contributed by atoms with E-state index in [2.05, 4.69) is 10.6 Å². The number of carbonyl (C=O) groups is 3. The van der Waals surface area contributed by atoms with Crippen molar-refractivity contribution in [1.29, 1.82) is 0 Å². The first-order chi connectivity index (χ1) is 13.7. The van der Waals surface area contributed by atoms with Gasteiger partial charge in [-0.25, -0.2) is 8.78 Å². The minimum Gasteiger partial charge on any atom is -0.480 e. The molecule has 1 aliphatic rings. The van der Waals surface area contributed by atoms with E-state index < -0.39 is 85.3 Å². The maximum absolute atomic E-state index is 14.7. The van der Waals surface area contributed by atoms with Crippen molar-refractivity contribution in [3.05, 3.63) is 0 Å². The molecule has 13 heteroatoms. The zero-order valence-corrected chi connectivity index (χ0v) is 16.7. The number of aliphatic hydroxyl groups is 4. The highest BCUT2D eigenvalue weighted by atomic mass is 19.3. The molecular formula is C17H28F2N2O9. The van der Waals surface area contributed by atoms with E-state index in [0.717, 1.165) is 6.92 Å². The van der Waals surface area contributed by atoms with E-state index in [4.69, 9.17) is 14.9 Å². The van der Waals surface area contributed by atoms with Crippen LogP contribution in [0.3, 0.4) is 0 Å². The van der Waals surface area contributed by atoms with Gasteiger partial charge in [0.15, 0.2) is 0 Å². The Hall–Kier alpha value is -1.93. The molecule has 0 radical (unpaired) electrons. The predicted molar refractivity (Wildman–Crippen MR) is 95.3 cm³/mol. The molecule has 0 aromatic rings. The van der Waals surface area contributed by atoms with E-state index in [1.54, 1.807) is 0 Å². The minimum absolute atomic E-state index is 0.828. The quantitative estimate of drug-likeness (QED) is 0.204. The van der Waals surface area contributed by atoms with Crippen LogP contribution >= 0.6 is 0 Å². The van der Waals surface area contributed by atoms with Gasteiger partial charge in [-0.2, -0.15) is 0 Å². The number of aliphatic carboxylic acids is 1. The van der Waals surface area contributed by atoms with Gasteiger partial charge in [0.2, 0.25) is 11.8 Å². The van der Waals surface area contributed by atoms with Crippen LogP contribution in [0, 0.1) is 5.92 Å².